The largest absolute Gasteiger partial charge is 0.269 e. The summed E-state index contributed by atoms with van der Waals surface area (Å²) in [5, 5.41) is 0. The highest BCUT2D eigenvalue weighted by Crippen LogP contribution is 2.24. The second-order valence-corrected chi connectivity index (χ2v) is 6.19. The molecule has 0 bridgehead atoms. The molecule has 0 spiro atoms. The van der Waals surface area contributed by atoms with Gasteiger partial charge in [0.05, 0.1) is 11.4 Å². The molecule has 3 aromatic rings. The average molecular weight is 358 g/mol. The minimum absolute atomic E-state index is 0.681. The van der Waals surface area contributed by atoms with Gasteiger partial charge in [-0.25, -0.2) is 9.97 Å². The van der Waals surface area contributed by atoms with Crippen LogP contribution in [-0.2, 0) is 0 Å². The molecule has 3 nitrogen and oxygen atoms in total. The van der Waals surface area contributed by atoms with Gasteiger partial charge in [0.25, 0.3) is 0 Å². The summed E-state index contributed by atoms with van der Waals surface area (Å²) in [6.07, 6.45) is 0. The van der Waals surface area contributed by atoms with E-state index in [0.29, 0.717) is 5.82 Å². The lowest BCUT2D eigenvalue weighted by Crippen LogP contribution is -2.07. The summed E-state index contributed by atoms with van der Waals surface area (Å²) >= 11 is 0. The van der Waals surface area contributed by atoms with E-state index < -0.39 is 0 Å². The summed E-state index contributed by atoms with van der Waals surface area (Å²) in [5.41, 5.74) is 5.82. The van der Waals surface area contributed by atoms with Gasteiger partial charge in [0.15, 0.2) is 5.82 Å². The predicted molar refractivity (Wildman–Crippen MR) is 114 cm³/mol. The number of allylic oxidation sites excluding steroid dienone is 1. The lowest BCUT2D eigenvalue weighted by Gasteiger charge is -2.12. The maximum atomic E-state index is 4.73. The zero-order valence-corrected chi connectivity index (χ0v) is 17.1. The van der Waals surface area contributed by atoms with E-state index in [2.05, 4.69) is 29.5 Å². The molecule has 0 aliphatic heterocycles. The van der Waals surface area contributed by atoms with Gasteiger partial charge in [-0.2, -0.15) is 0 Å². The number of nitrogens with zero attached hydrogens (tertiary/aromatic N) is 3. The van der Waals surface area contributed by atoms with Gasteiger partial charge in [-0.1, -0.05) is 50.6 Å². The SMILES string of the molecule is C=C(C)c1c(C)nc(C#Cc2ccccc2)n1-c1nc(C)ccc1C.CC. The molecule has 0 aliphatic carbocycles. The van der Waals surface area contributed by atoms with Gasteiger partial charge in [0.1, 0.15) is 5.82 Å². The van der Waals surface area contributed by atoms with Crippen LogP contribution in [0.25, 0.3) is 11.4 Å². The first-order valence-corrected chi connectivity index (χ1v) is 9.24. The number of aromatic nitrogens is 3. The average Bonchev–Trinajstić information content (AvgIpc) is 3.00. The Hall–Kier alpha value is -3.12. The maximum absolute atomic E-state index is 4.73. The third-order valence-corrected chi connectivity index (χ3v) is 3.97. The van der Waals surface area contributed by atoms with Crippen molar-refractivity contribution in [1.29, 1.82) is 0 Å². The molecule has 0 amide bonds. The molecule has 0 unspecified atom stereocenters. The molecule has 2 aromatic heterocycles. The molecule has 1 aromatic carbocycles. The van der Waals surface area contributed by atoms with Crippen molar-refractivity contribution in [2.75, 3.05) is 0 Å². The van der Waals surface area contributed by atoms with Crippen molar-refractivity contribution in [2.45, 2.75) is 41.5 Å². The topological polar surface area (TPSA) is 30.7 Å². The summed E-state index contributed by atoms with van der Waals surface area (Å²) < 4.78 is 2.02. The molecule has 138 valence electrons. The zero-order chi connectivity index (χ0) is 20.0. The monoisotopic (exact) mass is 357 g/mol. The maximum Gasteiger partial charge on any atom is 0.192 e. The van der Waals surface area contributed by atoms with E-state index in [1.807, 2.05) is 82.5 Å². The van der Waals surface area contributed by atoms with Crippen molar-refractivity contribution in [3.8, 4) is 17.7 Å². The van der Waals surface area contributed by atoms with Gasteiger partial charge in [-0.15, -0.1) is 0 Å². The third-order valence-electron chi connectivity index (χ3n) is 3.97. The first kappa shape index (κ1) is 20.2. The van der Waals surface area contributed by atoms with Gasteiger partial charge in [0, 0.05) is 11.3 Å². The van der Waals surface area contributed by atoms with E-state index in [9.17, 15) is 0 Å². The van der Waals surface area contributed by atoms with E-state index in [0.717, 1.165) is 39.6 Å². The lowest BCUT2D eigenvalue weighted by molar-refractivity contribution is 0.929. The molecular formula is C24H27N3. The molecule has 27 heavy (non-hydrogen) atoms. The van der Waals surface area contributed by atoms with E-state index in [1.165, 1.54) is 0 Å². The molecule has 0 fully saturated rings. The summed E-state index contributed by atoms with van der Waals surface area (Å²) in [6, 6.07) is 14.0. The van der Waals surface area contributed by atoms with Crippen LogP contribution in [0.15, 0.2) is 49.0 Å². The van der Waals surface area contributed by atoms with Crippen molar-refractivity contribution in [3.05, 3.63) is 83.1 Å². The van der Waals surface area contributed by atoms with Crippen LogP contribution in [0.1, 0.15) is 54.8 Å². The van der Waals surface area contributed by atoms with Crippen molar-refractivity contribution < 1.29 is 0 Å². The summed E-state index contributed by atoms with van der Waals surface area (Å²) in [6.45, 7) is 16.1. The van der Waals surface area contributed by atoms with Crippen molar-refractivity contribution >= 4 is 5.57 Å². The Balaban J connectivity index is 0.00000126. The molecule has 0 N–H and O–H groups in total. The summed E-state index contributed by atoms with van der Waals surface area (Å²) in [4.78, 5) is 9.41. The Labute approximate surface area is 162 Å². The Morgan fingerprint density at radius 1 is 0.926 bits per heavy atom. The number of hydrogen-bond donors (Lipinski definition) is 0. The smallest absolute Gasteiger partial charge is 0.192 e. The van der Waals surface area contributed by atoms with Crippen molar-refractivity contribution in [2.24, 2.45) is 0 Å². The number of hydrogen-bond acceptors (Lipinski definition) is 2. The van der Waals surface area contributed by atoms with Gasteiger partial charge in [0.2, 0.25) is 0 Å². The Morgan fingerprint density at radius 2 is 1.59 bits per heavy atom. The standard InChI is InChI=1S/C22H21N3.C2H6/c1-15(2)21-18(5)24-20(14-13-19-9-7-6-8-10-19)25(21)22-16(3)11-12-17(4)23-22;1-2/h6-12H,1H2,2-5H3;1-2H3. The molecule has 0 atom stereocenters. The van der Waals surface area contributed by atoms with E-state index >= 15 is 0 Å². The van der Waals surface area contributed by atoms with Crippen LogP contribution in [0.2, 0.25) is 0 Å². The Kier molecular flexibility index (Phi) is 6.73. The second-order valence-electron chi connectivity index (χ2n) is 6.19. The van der Waals surface area contributed by atoms with Crippen LogP contribution in [0.3, 0.4) is 0 Å². The van der Waals surface area contributed by atoms with Crippen molar-refractivity contribution in [3.63, 3.8) is 0 Å². The highest BCUT2D eigenvalue weighted by atomic mass is 15.1. The van der Waals surface area contributed by atoms with Crippen LogP contribution in [-0.4, -0.2) is 14.5 Å². The van der Waals surface area contributed by atoms with Gasteiger partial charge < -0.3 is 0 Å². The first-order chi connectivity index (χ1) is 13.0. The van der Waals surface area contributed by atoms with Crippen LogP contribution >= 0.6 is 0 Å². The molecule has 0 aliphatic rings. The number of pyridine rings is 1. The van der Waals surface area contributed by atoms with E-state index in [1.54, 1.807) is 0 Å². The molecule has 0 saturated heterocycles. The normalized spacial score (nSPS) is 9.70. The van der Waals surface area contributed by atoms with E-state index in [-0.39, 0.29) is 0 Å². The second kappa shape index (κ2) is 9.00. The molecule has 0 radical (unpaired) electrons. The number of benzene rings is 1. The van der Waals surface area contributed by atoms with Gasteiger partial charge in [-0.3, -0.25) is 4.57 Å². The van der Waals surface area contributed by atoms with Crippen LogP contribution < -0.4 is 0 Å². The Morgan fingerprint density at radius 3 is 2.22 bits per heavy atom. The highest BCUT2D eigenvalue weighted by molar-refractivity contribution is 5.64. The van der Waals surface area contributed by atoms with E-state index in [4.69, 9.17) is 4.98 Å². The molecule has 3 heteroatoms. The van der Waals surface area contributed by atoms with Crippen LogP contribution in [0.5, 0.6) is 0 Å². The van der Waals surface area contributed by atoms with Gasteiger partial charge in [-0.05, 0) is 63.0 Å². The minimum atomic E-state index is 0.681. The summed E-state index contributed by atoms with van der Waals surface area (Å²) in [5.74, 6) is 7.94. The number of imidazole rings is 1. The fourth-order valence-corrected chi connectivity index (χ4v) is 2.81. The van der Waals surface area contributed by atoms with Crippen LogP contribution in [0, 0.1) is 32.6 Å². The highest BCUT2D eigenvalue weighted by Gasteiger charge is 2.18. The Bertz CT molecular complexity index is 999. The minimum Gasteiger partial charge on any atom is -0.269 e. The predicted octanol–water partition coefficient (Wildman–Crippen LogP) is 5.65. The molecule has 0 saturated carbocycles. The van der Waals surface area contributed by atoms with Gasteiger partial charge >= 0.3 is 0 Å². The number of aryl methyl sites for hydroxylation is 3. The third kappa shape index (κ3) is 4.54. The lowest BCUT2D eigenvalue weighted by atomic mass is 10.2. The zero-order valence-electron chi connectivity index (χ0n) is 17.1. The van der Waals surface area contributed by atoms with Crippen molar-refractivity contribution in [1.82, 2.24) is 14.5 Å². The fourth-order valence-electron chi connectivity index (χ4n) is 2.81. The molecule has 3 rings (SSSR count). The number of rotatable bonds is 2. The fraction of sp³-hybridized carbons (Fsp3) is 0.250. The van der Waals surface area contributed by atoms with Crippen LogP contribution in [0.4, 0.5) is 0 Å². The molecule has 2 heterocycles. The first-order valence-electron chi connectivity index (χ1n) is 9.24. The molecular weight excluding hydrogens is 330 g/mol. The quantitative estimate of drug-likeness (QED) is 0.555. The summed E-state index contributed by atoms with van der Waals surface area (Å²) in [7, 11) is 0.